The minimum absolute atomic E-state index is 0.238. The van der Waals surface area contributed by atoms with Crippen LogP contribution in [0.2, 0.25) is 10.0 Å². The number of ether oxygens (including phenoxy) is 1. The molecule has 0 radical (unpaired) electrons. The van der Waals surface area contributed by atoms with Crippen LogP contribution < -0.4 is 5.32 Å². The summed E-state index contributed by atoms with van der Waals surface area (Å²) in [6.07, 6.45) is 2.34. The van der Waals surface area contributed by atoms with Gasteiger partial charge >= 0.3 is 0 Å². The first-order valence-electron chi connectivity index (χ1n) is 6.88. The van der Waals surface area contributed by atoms with Gasteiger partial charge in [-0.1, -0.05) is 29.3 Å². The van der Waals surface area contributed by atoms with Gasteiger partial charge in [-0.15, -0.1) is 0 Å². The van der Waals surface area contributed by atoms with Crippen molar-refractivity contribution >= 4 is 23.2 Å². The summed E-state index contributed by atoms with van der Waals surface area (Å²) < 4.78 is 5.72. The molecule has 1 saturated carbocycles. The molecule has 1 aromatic rings. The van der Waals surface area contributed by atoms with Crippen LogP contribution in [0, 0.1) is 5.41 Å². The molecule has 2 aliphatic rings. The third-order valence-electron chi connectivity index (χ3n) is 4.78. The maximum Gasteiger partial charge on any atom is 0.0595 e. The number of halogens is 2. The van der Waals surface area contributed by atoms with E-state index in [0.29, 0.717) is 10.0 Å². The van der Waals surface area contributed by atoms with E-state index >= 15 is 0 Å². The second-order valence-corrected chi connectivity index (χ2v) is 6.55. The van der Waals surface area contributed by atoms with Crippen molar-refractivity contribution in [1.82, 2.24) is 5.32 Å². The van der Waals surface area contributed by atoms with Crippen LogP contribution in [0.3, 0.4) is 0 Å². The Morgan fingerprint density at radius 1 is 1.32 bits per heavy atom. The number of hydrogen-bond donors (Lipinski definition) is 1. The number of rotatable bonds is 4. The monoisotopic (exact) mass is 299 g/mol. The molecule has 0 amide bonds. The van der Waals surface area contributed by atoms with Gasteiger partial charge in [0.05, 0.1) is 16.7 Å². The van der Waals surface area contributed by atoms with Crippen molar-refractivity contribution in [2.24, 2.45) is 5.41 Å². The van der Waals surface area contributed by atoms with Crippen molar-refractivity contribution in [2.45, 2.75) is 25.2 Å². The Morgan fingerprint density at radius 2 is 2.16 bits per heavy atom. The van der Waals surface area contributed by atoms with Crippen molar-refractivity contribution in [3.05, 3.63) is 33.8 Å². The zero-order chi connectivity index (χ0) is 13.5. The zero-order valence-electron chi connectivity index (χ0n) is 11.1. The van der Waals surface area contributed by atoms with Crippen LogP contribution in [0.5, 0.6) is 0 Å². The molecular formula is C15H19Cl2NO. The van der Waals surface area contributed by atoms with Crippen molar-refractivity contribution in [3.8, 4) is 0 Å². The summed E-state index contributed by atoms with van der Waals surface area (Å²) in [6.45, 7) is 5.76. The van der Waals surface area contributed by atoms with E-state index in [2.05, 4.69) is 18.3 Å². The number of piperidine rings is 1. The van der Waals surface area contributed by atoms with Crippen molar-refractivity contribution in [3.63, 3.8) is 0 Å². The maximum atomic E-state index is 6.18. The second kappa shape index (κ2) is 4.92. The number of fused-ring (bicyclic) bond motifs is 1. The number of hydrogen-bond acceptors (Lipinski definition) is 2. The van der Waals surface area contributed by atoms with Crippen LogP contribution in [0.25, 0.3) is 0 Å². The van der Waals surface area contributed by atoms with E-state index in [-0.39, 0.29) is 10.8 Å². The number of nitrogens with one attached hydrogen (secondary N) is 1. The predicted molar refractivity (Wildman–Crippen MR) is 79.2 cm³/mol. The van der Waals surface area contributed by atoms with E-state index in [1.807, 2.05) is 12.1 Å². The van der Waals surface area contributed by atoms with Gasteiger partial charge in [0.1, 0.15) is 0 Å². The van der Waals surface area contributed by atoms with E-state index in [4.69, 9.17) is 27.9 Å². The van der Waals surface area contributed by atoms with Gasteiger partial charge in [-0.3, -0.25) is 0 Å². The lowest BCUT2D eigenvalue weighted by atomic mass is 9.81. The molecule has 19 heavy (non-hydrogen) atoms. The molecule has 0 aromatic heterocycles. The van der Waals surface area contributed by atoms with Crippen LogP contribution in [0.4, 0.5) is 0 Å². The molecule has 2 nitrogen and oxygen atoms in total. The van der Waals surface area contributed by atoms with Crippen molar-refractivity contribution in [1.29, 1.82) is 0 Å². The topological polar surface area (TPSA) is 21.3 Å². The van der Waals surface area contributed by atoms with Crippen LogP contribution in [-0.4, -0.2) is 26.3 Å². The van der Waals surface area contributed by atoms with E-state index < -0.39 is 0 Å². The summed E-state index contributed by atoms with van der Waals surface area (Å²) >= 11 is 12.2. The smallest absolute Gasteiger partial charge is 0.0595 e. The van der Waals surface area contributed by atoms with Crippen molar-refractivity contribution < 1.29 is 4.74 Å². The summed E-state index contributed by atoms with van der Waals surface area (Å²) in [6, 6.07) is 6.09. The van der Waals surface area contributed by atoms with Gasteiger partial charge in [0.2, 0.25) is 0 Å². The van der Waals surface area contributed by atoms with E-state index in [9.17, 15) is 0 Å². The molecule has 1 aliphatic heterocycles. The molecule has 1 saturated heterocycles. The van der Waals surface area contributed by atoms with E-state index in [1.54, 1.807) is 0 Å². The quantitative estimate of drug-likeness (QED) is 0.916. The fraction of sp³-hybridized carbons (Fsp3) is 0.600. The lowest BCUT2D eigenvalue weighted by Crippen LogP contribution is -2.41. The highest BCUT2D eigenvalue weighted by atomic mass is 35.5. The first kappa shape index (κ1) is 13.7. The maximum absolute atomic E-state index is 6.18. The molecule has 2 atom stereocenters. The fourth-order valence-electron chi connectivity index (χ4n) is 3.63. The molecule has 1 heterocycles. The molecule has 0 bridgehead atoms. The molecule has 0 spiro atoms. The van der Waals surface area contributed by atoms with Gasteiger partial charge in [-0.25, -0.2) is 0 Å². The van der Waals surface area contributed by atoms with Gasteiger partial charge in [-0.2, -0.15) is 0 Å². The zero-order valence-corrected chi connectivity index (χ0v) is 12.7. The molecule has 104 valence electrons. The van der Waals surface area contributed by atoms with Crippen molar-refractivity contribution in [2.75, 3.05) is 26.3 Å². The Kier molecular flexibility index (Phi) is 3.55. The summed E-state index contributed by atoms with van der Waals surface area (Å²) in [5.41, 5.74) is 1.81. The third kappa shape index (κ3) is 2.09. The Bertz CT molecular complexity index is 493. The highest BCUT2D eigenvalue weighted by Crippen LogP contribution is 2.67. The van der Waals surface area contributed by atoms with E-state index in [1.165, 1.54) is 12.0 Å². The lowest BCUT2D eigenvalue weighted by Gasteiger charge is -2.31. The average molecular weight is 300 g/mol. The van der Waals surface area contributed by atoms with Crippen LogP contribution in [0.1, 0.15) is 25.3 Å². The molecule has 4 heteroatoms. The largest absolute Gasteiger partial charge is 0.381 e. The van der Waals surface area contributed by atoms with Gasteiger partial charge in [-0.05, 0) is 44.0 Å². The van der Waals surface area contributed by atoms with Gasteiger partial charge in [0.25, 0.3) is 0 Å². The summed E-state index contributed by atoms with van der Waals surface area (Å²) in [5, 5.41) is 4.80. The van der Waals surface area contributed by atoms with Crippen LogP contribution in [0.15, 0.2) is 18.2 Å². The Hall–Kier alpha value is -0.280. The summed E-state index contributed by atoms with van der Waals surface area (Å²) in [5.74, 6) is 0. The van der Waals surface area contributed by atoms with Gasteiger partial charge in [0.15, 0.2) is 0 Å². The predicted octanol–water partition coefficient (Wildman–Crippen LogP) is 3.65. The first-order valence-corrected chi connectivity index (χ1v) is 7.63. The summed E-state index contributed by atoms with van der Waals surface area (Å²) in [7, 11) is 0. The van der Waals surface area contributed by atoms with Crippen LogP contribution >= 0.6 is 23.2 Å². The normalized spacial score (nSPS) is 33.0. The van der Waals surface area contributed by atoms with Crippen LogP contribution in [-0.2, 0) is 10.2 Å². The van der Waals surface area contributed by atoms with Gasteiger partial charge in [0, 0.05) is 24.0 Å². The third-order valence-corrected chi connectivity index (χ3v) is 5.52. The second-order valence-electron chi connectivity index (χ2n) is 5.73. The van der Waals surface area contributed by atoms with Gasteiger partial charge < -0.3 is 10.1 Å². The molecule has 1 aliphatic carbocycles. The minimum atomic E-state index is 0.238. The molecule has 3 rings (SSSR count). The lowest BCUT2D eigenvalue weighted by molar-refractivity contribution is 0.0817. The number of benzene rings is 1. The minimum Gasteiger partial charge on any atom is -0.381 e. The molecule has 0 unspecified atom stereocenters. The SMILES string of the molecule is CCOC[C@@]12CNCC[C@@]1(c1ccc(Cl)c(Cl)c1)C2. The first-order chi connectivity index (χ1) is 9.13. The molecular weight excluding hydrogens is 281 g/mol. The molecule has 1 N–H and O–H groups in total. The Balaban J connectivity index is 1.91. The molecule has 2 fully saturated rings. The Labute approximate surface area is 124 Å². The summed E-state index contributed by atoms with van der Waals surface area (Å²) in [4.78, 5) is 0. The standard InChI is InChI=1S/C15H19Cl2NO/c1-2-19-10-14-8-15(14,5-6-18-9-14)11-3-4-12(16)13(17)7-11/h3-4,7,18H,2,5-6,8-10H2,1H3/t14-,15+/m1/s1. The Morgan fingerprint density at radius 3 is 2.89 bits per heavy atom. The van der Waals surface area contributed by atoms with E-state index in [0.717, 1.165) is 32.7 Å². The highest BCUT2D eigenvalue weighted by molar-refractivity contribution is 6.42. The highest BCUT2D eigenvalue weighted by Gasteiger charge is 2.68. The molecule has 1 aromatic carbocycles. The average Bonchev–Trinajstić information content (AvgIpc) is 3.10. The fourth-order valence-corrected chi connectivity index (χ4v) is 3.93.